The monoisotopic (exact) mass is 260 g/mol. The van der Waals surface area contributed by atoms with E-state index in [1.165, 1.54) is 15.6 Å². The van der Waals surface area contributed by atoms with E-state index < -0.39 is 0 Å². The molecule has 12 heavy (non-hydrogen) atoms. The molecule has 0 amide bonds. The van der Waals surface area contributed by atoms with Gasteiger partial charge in [0.25, 0.3) is 0 Å². The average molecular weight is 262 g/mol. The minimum absolute atomic E-state index is 0.862. The second-order valence-electron chi connectivity index (χ2n) is 2.51. The highest BCUT2D eigenvalue weighted by Crippen LogP contribution is 2.33. The molecule has 0 aliphatic carbocycles. The topological polar surface area (TPSA) is 0 Å². The highest BCUT2D eigenvalue weighted by atomic mass is 79.9. The van der Waals surface area contributed by atoms with Crippen LogP contribution in [0.4, 0.5) is 0 Å². The molecule has 0 radical (unpaired) electrons. The molecular weight excluding hydrogens is 256 g/mol. The summed E-state index contributed by atoms with van der Waals surface area (Å²) in [6.07, 6.45) is 0. The maximum atomic E-state index is 6.05. The largest absolute Gasteiger partial charge is 0.142 e. The average Bonchev–Trinajstić information content (AvgIpc) is 2.48. The second kappa shape index (κ2) is 3.36. The van der Waals surface area contributed by atoms with Crippen LogP contribution in [-0.2, 0) is 5.33 Å². The van der Waals surface area contributed by atoms with Crippen LogP contribution in [0.2, 0.25) is 5.02 Å². The Kier molecular flexibility index (Phi) is 2.40. The summed E-state index contributed by atoms with van der Waals surface area (Å²) in [4.78, 5) is 0. The van der Waals surface area contributed by atoms with Gasteiger partial charge >= 0.3 is 0 Å². The zero-order chi connectivity index (χ0) is 8.55. The molecule has 0 unspecified atom stereocenters. The fraction of sp³-hybridized carbons (Fsp3) is 0.111. The first-order chi connectivity index (χ1) is 5.83. The van der Waals surface area contributed by atoms with E-state index in [1.54, 1.807) is 11.3 Å². The van der Waals surface area contributed by atoms with Crippen LogP contribution in [0.1, 0.15) is 5.56 Å². The van der Waals surface area contributed by atoms with Crippen molar-refractivity contribution in [1.29, 1.82) is 0 Å². The van der Waals surface area contributed by atoms with Crippen LogP contribution < -0.4 is 0 Å². The van der Waals surface area contributed by atoms with E-state index in [-0.39, 0.29) is 0 Å². The van der Waals surface area contributed by atoms with Crippen molar-refractivity contribution in [3.63, 3.8) is 0 Å². The third kappa shape index (κ3) is 1.28. The van der Waals surface area contributed by atoms with Gasteiger partial charge in [-0.15, -0.1) is 11.3 Å². The number of benzene rings is 1. The van der Waals surface area contributed by atoms with Gasteiger partial charge in [-0.25, -0.2) is 0 Å². The van der Waals surface area contributed by atoms with Crippen LogP contribution in [0, 0.1) is 0 Å². The van der Waals surface area contributed by atoms with Crippen LogP contribution in [0.25, 0.3) is 10.1 Å². The quantitative estimate of drug-likeness (QED) is 0.665. The smallest absolute Gasteiger partial charge is 0.0594 e. The van der Waals surface area contributed by atoms with Crippen LogP contribution in [0.15, 0.2) is 23.6 Å². The van der Waals surface area contributed by atoms with Crippen molar-refractivity contribution in [2.45, 2.75) is 5.33 Å². The Labute approximate surface area is 88.3 Å². The highest BCUT2D eigenvalue weighted by molar-refractivity contribution is 9.08. The molecule has 2 aromatic rings. The first-order valence-corrected chi connectivity index (χ1v) is 5.91. The van der Waals surface area contributed by atoms with Gasteiger partial charge in [0.15, 0.2) is 0 Å². The summed E-state index contributed by atoms with van der Waals surface area (Å²) in [6, 6.07) is 6.25. The van der Waals surface area contributed by atoms with Crippen molar-refractivity contribution < 1.29 is 0 Å². The normalized spacial score (nSPS) is 10.8. The Bertz CT molecular complexity index is 408. The second-order valence-corrected chi connectivity index (χ2v) is 4.39. The molecule has 0 atom stereocenters. The summed E-state index contributed by atoms with van der Waals surface area (Å²) in [6.45, 7) is 0. The molecule has 0 saturated carbocycles. The zero-order valence-corrected chi connectivity index (χ0v) is 9.34. The van der Waals surface area contributed by atoms with Crippen molar-refractivity contribution in [1.82, 2.24) is 0 Å². The van der Waals surface area contributed by atoms with Gasteiger partial charge in [0.2, 0.25) is 0 Å². The lowest BCUT2D eigenvalue weighted by Crippen LogP contribution is -1.76. The minimum Gasteiger partial charge on any atom is -0.142 e. The van der Waals surface area contributed by atoms with Crippen molar-refractivity contribution in [2.75, 3.05) is 0 Å². The Morgan fingerprint density at radius 3 is 3.00 bits per heavy atom. The summed E-state index contributed by atoms with van der Waals surface area (Å²) >= 11 is 11.2. The Morgan fingerprint density at radius 2 is 2.25 bits per heavy atom. The summed E-state index contributed by atoms with van der Waals surface area (Å²) in [7, 11) is 0. The SMILES string of the molecule is Clc1csc2cccc(CBr)c12. The van der Waals surface area contributed by atoms with E-state index in [4.69, 9.17) is 11.6 Å². The van der Waals surface area contributed by atoms with Crippen LogP contribution in [0.5, 0.6) is 0 Å². The molecule has 0 spiro atoms. The molecule has 0 fully saturated rings. The molecule has 0 aliphatic heterocycles. The van der Waals surface area contributed by atoms with E-state index >= 15 is 0 Å². The molecule has 62 valence electrons. The summed E-state index contributed by atoms with van der Waals surface area (Å²) < 4.78 is 1.26. The Morgan fingerprint density at radius 1 is 1.42 bits per heavy atom. The summed E-state index contributed by atoms with van der Waals surface area (Å²) in [5.74, 6) is 0. The van der Waals surface area contributed by atoms with E-state index in [0.29, 0.717) is 0 Å². The Hall–Kier alpha value is -0.0500. The number of rotatable bonds is 1. The number of hydrogen-bond acceptors (Lipinski definition) is 1. The first-order valence-electron chi connectivity index (χ1n) is 3.53. The predicted molar refractivity (Wildman–Crippen MR) is 59.5 cm³/mol. The van der Waals surface area contributed by atoms with Crippen molar-refractivity contribution in [3.05, 3.63) is 34.2 Å². The van der Waals surface area contributed by atoms with E-state index in [1.807, 2.05) is 5.38 Å². The lowest BCUT2D eigenvalue weighted by atomic mass is 10.1. The summed E-state index contributed by atoms with van der Waals surface area (Å²) in [5.41, 5.74) is 1.26. The van der Waals surface area contributed by atoms with Crippen LogP contribution in [-0.4, -0.2) is 0 Å². The van der Waals surface area contributed by atoms with E-state index in [9.17, 15) is 0 Å². The number of fused-ring (bicyclic) bond motifs is 1. The molecule has 0 nitrogen and oxygen atoms in total. The predicted octanol–water partition coefficient (Wildman–Crippen LogP) is 4.45. The van der Waals surface area contributed by atoms with Crippen molar-refractivity contribution in [2.24, 2.45) is 0 Å². The minimum atomic E-state index is 0.862. The van der Waals surface area contributed by atoms with Gasteiger partial charge in [0.1, 0.15) is 0 Å². The molecule has 0 bridgehead atoms. The van der Waals surface area contributed by atoms with Gasteiger partial charge < -0.3 is 0 Å². The van der Waals surface area contributed by atoms with Crippen LogP contribution in [0.3, 0.4) is 0 Å². The van der Waals surface area contributed by atoms with Crippen molar-refractivity contribution in [3.8, 4) is 0 Å². The first kappa shape index (κ1) is 8.54. The van der Waals surface area contributed by atoms with Gasteiger partial charge in [-0.2, -0.15) is 0 Å². The highest BCUT2D eigenvalue weighted by Gasteiger charge is 2.04. The zero-order valence-electron chi connectivity index (χ0n) is 6.18. The number of hydrogen-bond donors (Lipinski definition) is 0. The van der Waals surface area contributed by atoms with Crippen molar-refractivity contribution >= 4 is 49.0 Å². The molecule has 1 heterocycles. The Balaban J connectivity index is 2.84. The number of thiophene rings is 1. The lowest BCUT2D eigenvalue weighted by molar-refractivity contribution is 1.50. The molecular formula is C9H6BrClS. The maximum Gasteiger partial charge on any atom is 0.0594 e. The van der Waals surface area contributed by atoms with E-state index in [2.05, 4.69) is 34.1 Å². The fourth-order valence-corrected chi connectivity index (χ4v) is 2.98. The summed E-state index contributed by atoms with van der Waals surface area (Å²) in [5, 5.41) is 4.91. The van der Waals surface area contributed by atoms with Gasteiger partial charge in [-0.3, -0.25) is 0 Å². The third-order valence-corrected chi connectivity index (χ3v) is 3.76. The van der Waals surface area contributed by atoms with Gasteiger partial charge in [-0.1, -0.05) is 39.7 Å². The number of halogens is 2. The third-order valence-electron chi connectivity index (χ3n) is 1.78. The van der Waals surface area contributed by atoms with Gasteiger partial charge in [-0.05, 0) is 11.6 Å². The van der Waals surface area contributed by atoms with E-state index in [0.717, 1.165) is 10.4 Å². The lowest BCUT2D eigenvalue weighted by Gasteiger charge is -1.97. The molecule has 0 saturated heterocycles. The number of alkyl halides is 1. The molecule has 2 rings (SSSR count). The molecule has 3 heteroatoms. The fourth-order valence-electron chi connectivity index (χ4n) is 1.23. The molecule has 0 N–H and O–H groups in total. The molecule has 0 aliphatic rings. The van der Waals surface area contributed by atoms with Gasteiger partial charge in [0.05, 0.1) is 5.02 Å². The van der Waals surface area contributed by atoms with Crippen LogP contribution >= 0.6 is 38.9 Å². The molecule has 1 aromatic carbocycles. The standard InChI is InChI=1S/C9H6BrClS/c10-4-6-2-1-3-8-9(6)7(11)5-12-8/h1-3,5H,4H2. The maximum absolute atomic E-state index is 6.05. The molecule has 1 aromatic heterocycles. The van der Waals surface area contributed by atoms with Gasteiger partial charge in [0, 0.05) is 20.8 Å².